The Morgan fingerprint density at radius 2 is 1.74 bits per heavy atom. The van der Waals surface area contributed by atoms with Crippen molar-refractivity contribution in [3.63, 3.8) is 0 Å². The molecule has 7 nitrogen and oxygen atoms in total. The number of para-hydroxylation sites is 1. The average Bonchev–Trinajstić information content (AvgIpc) is 3.17. The molecule has 0 bridgehead atoms. The van der Waals surface area contributed by atoms with E-state index in [2.05, 4.69) is 33.4 Å². The Bertz CT molecular complexity index is 1340. The number of nitrogens with one attached hydrogen (secondary N) is 1. The lowest BCUT2D eigenvalue weighted by Gasteiger charge is -2.32. The molecule has 1 aliphatic rings. The van der Waals surface area contributed by atoms with E-state index < -0.39 is 0 Å². The van der Waals surface area contributed by atoms with E-state index in [0.29, 0.717) is 6.54 Å². The van der Waals surface area contributed by atoms with E-state index in [0.717, 1.165) is 70.0 Å². The quantitative estimate of drug-likeness (QED) is 0.474. The van der Waals surface area contributed by atoms with Crippen LogP contribution in [0.1, 0.15) is 35.4 Å². The van der Waals surface area contributed by atoms with Crippen LogP contribution in [0, 0.1) is 33.6 Å². The van der Waals surface area contributed by atoms with Gasteiger partial charge in [-0.3, -0.25) is 4.79 Å². The second kappa shape index (κ2) is 8.89. The van der Waals surface area contributed by atoms with Crippen LogP contribution < -0.4 is 10.2 Å². The summed E-state index contributed by atoms with van der Waals surface area (Å²) in [5.74, 6) is 0.685. The fourth-order valence-electron chi connectivity index (χ4n) is 5.02. The van der Waals surface area contributed by atoms with Crippen molar-refractivity contribution >= 4 is 28.3 Å². The van der Waals surface area contributed by atoms with Crippen molar-refractivity contribution in [1.82, 2.24) is 20.0 Å². The number of piperidine rings is 1. The lowest BCUT2D eigenvalue weighted by atomic mass is 9.96. The maximum atomic E-state index is 13.1. The highest BCUT2D eigenvalue weighted by Crippen LogP contribution is 2.32. The molecule has 4 aromatic rings. The molecule has 7 heteroatoms. The zero-order valence-electron chi connectivity index (χ0n) is 20.2. The normalized spacial score (nSPS) is 16.1. The molecule has 1 atom stereocenters. The van der Waals surface area contributed by atoms with Crippen molar-refractivity contribution in [1.29, 1.82) is 0 Å². The first-order valence-electron chi connectivity index (χ1n) is 11.8. The molecule has 0 radical (unpaired) electrons. The molecule has 0 saturated carbocycles. The molecule has 1 aliphatic heterocycles. The molecule has 1 unspecified atom stereocenters. The maximum absolute atomic E-state index is 13.1. The Labute approximate surface area is 199 Å². The third-order valence-corrected chi connectivity index (χ3v) is 6.57. The second-order valence-corrected chi connectivity index (χ2v) is 9.32. The summed E-state index contributed by atoms with van der Waals surface area (Å²) in [6, 6.07) is 16.2. The summed E-state index contributed by atoms with van der Waals surface area (Å²) in [6.45, 7) is 9.56. The molecule has 1 saturated heterocycles. The maximum Gasteiger partial charge on any atom is 0.229 e. The van der Waals surface area contributed by atoms with Crippen LogP contribution >= 0.6 is 0 Å². The van der Waals surface area contributed by atoms with Crippen molar-refractivity contribution in [2.75, 3.05) is 23.3 Å². The van der Waals surface area contributed by atoms with Gasteiger partial charge in [0.05, 0.1) is 28.4 Å². The molecule has 3 heterocycles. The second-order valence-electron chi connectivity index (χ2n) is 9.32. The van der Waals surface area contributed by atoms with Crippen molar-refractivity contribution in [2.24, 2.45) is 5.92 Å². The van der Waals surface area contributed by atoms with Gasteiger partial charge in [0, 0.05) is 18.8 Å². The predicted octanol–water partition coefficient (Wildman–Crippen LogP) is 4.90. The molecule has 1 fully saturated rings. The zero-order valence-corrected chi connectivity index (χ0v) is 20.2. The molecule has 174 valence electrons. The van der Waals surface area contributed by atoms with E-state index in [1.807, 2.05) is 67.9 Å². The number of fused-ring (bicyclic) bond motifs is 1. The highest BCUT2D eigenvalue weighted by atomic mass is 16.1. The third-order valence-electron chi connectivity index (χ3n) is 6.57. The van der Waals surface area contributed by atoms with E-state index in [4.69, 9.17) is 5.10 Å². The minimum Gasteiger partial charge on any atom is -0.352 e. The number of aryl methyl sites for hydroxylation is 4. The number of rotatable bonds is 4. The van der Waals surface area contributed by atoms with Gasteiger partial charge in [0.25, 0.3) is 0 Å². The Hall–Kier alpha value is -3.74. The summed E-state index contributed by atoms with van der Waals surface area (Å²) in [5, 5.41) is 18.1. The average molecular weight is 455 g/mol. The molecule has 5 rings (SSSR count). The lowest BCUT2D eigenvalue weighted by molar-refractivity contribution is -0.120. The summed E-state index contributed by atoms with van der Waals surface area (Å²) in [4.78, 5) is 15.3. The molecule has 34 heavy (non-hydrogen) atoms. The minimum atomic E-state index is -0.120. The van der Waals surface area contributed by atoms with Gasteiger partial charge in [0.2, 0.25) is 5.91 Å². The molecule has 0 spiro atoms. The molecule has 1 N–H and O–H groups in total. The van der Waals surface area contributed by atoms with Gasteiger partial charge in [-0.15, -0.1) is 5.10 Å². The highest BCUT2D eigenvalue weighted by Gasteiger charge is 2.29. The van der Waals surface area contributed by atoms with Crippen molar-refractivity contribution < 1.29 is 4.79 Å². The van der Waals surface area contributed by atoms with Crippen LogP contribution in [0.3, 0.4) is 0 Å². The van der Waals surface area contributed by atoms with Crippen LogP contribution in [0.25, 0.3) is 16.6 Å². The van der Waals surface area contributed by atoms with Gasteiger partial charge in [0.15, 0.2) is 5.82 Å². The van der Waals surface area contributed by atoms with Crippen LogP contribution in [-0.2, 0) is 4.79 Å². The molecule has 1 amide bonds. The molecule has 2 aromatic carbocycles. The predicted molar refractivity (Wildman–Crippen MR) is 136 cm³/mol. The number of hydrogen-bond acceptors (Lipinski definition) is 5. The van der Waals surface area contributed by atoms with Crippen molar-refractivity contribution in [3.05, 3.63) is 71.0 Å². The fraction of sp³-hybridized carbons (Fsp3) is 0.333. The van der Waals surface area contributed by atoms with E-state index in [1.165, 1.54) is 0 Å². The molecular formula is C27H30N6O. The van der Waals surface area contributed by atoms with E-state index in [-0.39, 0.29) is 11.8 Å². The van der Waals surface area contributed by atoms with E-state index >= 15 is 0 Å². The van der Waals surface area contributed by atoms with E-state index in [1.54, 1.807) is 0 Å². The molecular weight excluding hydrogens is 424 g/mol. The lowest BCUT2D eigenvalue weighted by Crippen LogP contribution is -2.41. The van der Waals surface area contributed by atoms with Crippen LogP contribution in [0.5, 0.6) is 0 Å². The summed E-state index contributed by atoms with van der Waals surface area (Å²) in [6.07, 6.45) is 1.77. The van der Waals surface area contributed by atoms with Gasteiger partial charge in [-0.05, 0) is 75.9 Å². The third kappa shape index (κ3) is 4.14. The number of benzene rings is 2. The van der Waals surface area contributed by atoms with Crippen molar-refractivity contribution in [2.45, 2.75) is 40.5 Å². The Balaban J connectivity index is 1.44. The van der Waals surface area contributed by atoms with Gasteiger partial charge in [-0.2, -0.15) is 10.2 Å². The topological polar surface area (TPSA) is 75.9 Å². The smallest absolute Gasteiger partial charge is 0.229 e. The standard InChI is InChI=1S/C27H30N6O/c1-17-13-18(2)15-22(14-17)28-27(34)21-9-8-12-32(16-21)26-25-24(19(3)29-30-26)20(4)33(31-25)23-10-6-5-7-11-23/h5-7,10-11,13-15,21H,8-9,12,16H2,1-4H3,(H,28,34). The monoisotopic (exact) mass is 454 g/mol. The first kappa shape index (κ1) is 22.1. The Morgan fingerprint density at radius 1 is 1.00 bits per heavy atom. The van der Waals surface area contributed by atoms with Crippen LogP contribution in [0.4, 0.5) is 11.5 Å². The van der Waals surface area contributed by atoms with Crippen LogP contribution in [-0.4, -0.2) is 39.0 Å². The van der Waals surface area contributed by atoms with Gasteiger partial charge in [-0.25, -0.2) is 4.68 Å². The summed E-state index contributed by atoms with van der Waals surface area (Å²) < 4.78 is 1.96. The van der Waals surface area contributed by atoms with Crippen molar-refractivity contribution in [3.8, 4) is 5.69 Å². The number of carbonyl (C=O) groups excluding carboxylic acids is 1. The largest absolute Gasteiger partial charge is 0.352 e. The number of aromatic nitrogens is 4. The number of hydrogen-bond donors (Lipinski definition) is 1. The molecule has 0 aliphatic carbocycles. The van der Waals surface area contributed by atoms with E-state index in [9.17, 15) is 4.79 Å². The summed E-state index contributed by atoms with van der Waals surface area (Å²) in [5.41, 5.74) is 6.88. The number of nitrogens with zero attached hydrogens (tertiary/aromatic N) is 5. The van der Waals surface area contributed by atoms with Gasteiger partial charge < -0.3 is 10.2 Å². The Kier molecular flexibility index (Phi) is 5.77. The zero-order chi connectivity index (χ0) is 23.8. The number of anilines is 2. The number of amides is 1. The van der Waals surface area contributed by atoms with Gasteiger partial charge >= 0.3 is 0 Å². The first-order chi connectivity index (χ1) is 16.4. The van der Waals surface area contributed by atoms with Gasteiger partial charge in [-0.1, -0.05) is 24.3 Å². The fourth-order valence-corrected chi connectivity index (χ4v) is 5.02. The van der Waals surface area contributed by atoms with Crippen LogP contribution in [0.15, 0.2) is 48.5 Å². The minimum absolute atomic E-state index is 0.0528. The highest BCUT2D eigenvalue weighted by molar-refractivity contribution is 5.95. The summed E-state index contributed by atoms with van der Waals surface area (Å²) in [7, 11) is 0. The van der Waals surface area contributed by atoms with Gasteiger partial charge in [0.1, 0.15) is 5.52 Å². The number of carbonyl (C=O) groups is 1. The summed E-state index contributed by atoms with van der Waals surface area (Å²) >= 11 is 0. The first-order valence-corrected chi connectivity index (χ1v) is 11.8. The SMILES string of the molecule is Cc1cc(C)cc(NC(=O)C2CCCN(c3nnc(C)c4c(C)n(-c5ccccc5)nc34)C2)c1. The van der Waals surface area contributed by atoms with Crippen LogP contribution in [0.2, 0.25) is 0 Å². The molecule has 2 aromatic heterocycles. The Morgan fingerprint density at radius 3 is 2.47 bits per heavy atom.